The van der Waals surface area contributed by atoms with E-state index < -0.39 is 0 Å². The molecule has 0 saturated heterocycles. The maximum atomic E-state index is 5.54. The van der Waals surface area contributed by atoms with Gasteiger partial charge < -0.3 is 9.64 Å². The van der Waals surface area contributed by atoms with Gasteiger partial charge >= 0.3 is 0 Å². The van der Waals surface area contributed by atoms with Gasteiger partial charge in [-0.3, -0.25) is 10.4 Å². The van der Waals surface area contributed by atoms with Crippen molar-refractivity contribution in [3.8, 4) is 0 Å². The number of nitrogens with zero attached hydrogens (tertiary/aromatic N) is 2. The Morgan fingerprint density at radius 1 is 1.61 bits per heavy atom. The quantitative estimate of drug-likeness (QED) is 0.259. The molecule has 0 saturated carbocycles. The second kappa shape index (κ2) is 8.91. The lowest BCUT2D eigenvalue weighted by Crippen LogP contribution is -2.44. The van der Waals surface area contributed by atoms with Crippen molar-refractivity contribution in [2.75, 3.05) is 26.8 Å². The van der Waals surface area contributed by atoms with E-state index in [1.54, 1.807) is 18.4 Å². The van der Waals surface area contributed by atoms with Gasteiger partial charge in [-0.15, -0.1) is 11.3 Å². The molecule has 0 spiro atoms. The van der Waals surface area contributed by atoms with Crippen LogP contribution in [-0.4, -0.2) is 37.7 Å². The topological polar surface area (TPSA) is 62.9 Å². The van der Waals surface area contributed by atoms with E-state index in [1.165, 1.54) is 4.88 Å². The van der Waals surface area contributed by atoms with E-state index in [2.05, 4.69) is 39.8 Å². The summed E-state index contributed by atoms with van der Waals surface area (Å²) in [6.07, 6.45) is 0.901. The predicted molar refractivity (Wildman–Crippen MR) is 76.5 cm³/mol. The Morgan fingerprint density at radius 3 is 3.00 bits per heavy atom. The van der Waals surface area contributed by atoms with Gasteiger partial charge in [-0.25, -0.2) is 5.84 Å². The molecule has 0 aromatic carbocycles. The van der Waals surface area contributed by atoms with Crippen molar-refractivity contribution >= 4 is 17.3 Å². The highest BCUT2D eigenvalue weighted by Crippen LogP contribution is 2.11. The van der Waals surface area contributed by atoms with Crippen LogP contribution >= 0.6 is 11.3 Å². The van der Waals surface area contributed by atoms with Gasteiger partial charge in [-0.2, -0.15) is 0 Å². The summed E-state index contributed by atoms with van der Waals surface area (Å²) in [5.41, 5.74) is 2.68. The Balaban J connectivity index is 2.53. The molecule has 18 heavy (non-hydrogen) atoms. The first-order valence-electron chi connectivity index (χ1n) is 6.09. The normalized spacial score (nSPS) is 11.6. The van der Waals surface area contributed by atoms with Gasteiger partial charge in [0.1, 0.15) is 0 Å². The molecule has 0 atom stereocenters. The summed E-state index contributed by atoms with van der Waals surface area (Å²) in [5.74, 6) is 6.28. The molecule has 1 rings (SSSR count). The molecule has 0 bridgehead atoms. The first kappa shape index (κ1) is 14.9. The smallest absolute Gasteiger partial charge is 0.208 e. The van der Waals surface area contributed by atoms with Gasteiger partial charge in [0.25, 0.3) is 0 Å². The maximum absolute atomic E-state index is 5.54. The van der Waals surface area contributed by atoms with Crippen LogP contribution in [0.2, 0.25) is 0 Å². The van der Waals surface area contributed by atoms with E-state index in [-0.39, 0.29) is 0 Å². The molecule has 3 N–H and O–H groups in total. The summed E-state index contributed by atoms with van der Waals surface area (Å²) < 4.78 is 5.00. The average molecular weight is 270 g/mol. The number of ether oxygens (including phenoxy) is 1. The molecule has 1 aromatic rings. The Kier molecular flexibility index (Phi) is 7.40. The molecule has 6 heteroatoms. The van der Waals surface area contributed by atoms with Crippen LogP contribution < -0.4 is 11.3 Å². The van der Waals surface area contributed by atoms with Crippen LogP contribution in [0, 0.1) is 0 Å². The standard InChI is InChI=1S/C12H22N4OS/c1-3-16(10-11-6-4-9-18-11)12(15-13)14-7-5-8-17-2/h4,6,9H,3,5,7-8,10,13H2,1-2H3,(H,14,15). The lowest BCUT2D eigenvalue weighted by molar-refractivity contribution is 0.197. The molecular formula is C12H22N4OS. The molecule has 102 valence electrons. The van der Waals surface area contributed by atoms with Crippen molar-refractivity contribution in [1.82, 2.24) is 10.3 Å². The van der Waals surface area contributed by atoms with Gasteiger partial charge in [0, 0.05) is 31.7 Å². The van der Waals surface area contributed by atoms with Crippen molar-refractivity contribution in [3.05, 3.63) is 22.4 Å². The van der Waals surface area contributed by atoms with E-state index in [0.29, 0.717) is 6.54 Å². The highest BCUT2D eigenvalue weighted by molar-refractivity contribution is 7.09. The zero-order chi connectivity index (χ0) is 13.2. The Bertz CT molecular complexity index is 340. The first-order valence-corrected chi connectivity index (χ1v) is 6.97. The number of methoxy groups -OCH3 is 1. The lowest BCUT2D eigenvalue weighted by Gasteiger charge is -2.23. The van der Waals surface area contributed by atoms with Crippen LogP contribution in [0.5, 0.6) is 0 Å². The van der Waals surface area contributed by atoms with E-state index in [1.807, 2.05) is 0 Å². The molecule has 0 unspecified atom stereocenters. The SMILES string of the molecule is CCN(Cc1cccs1)C(=NCCCOC)NN. The molecule has 0 aliphatic carbocycles. The number of hydrazine groups is 1. The third-order valence-corrected chi connectivity index (χ3v) is 3.37. The van der Waals surface area contributed by atoms with Crippen molar-refractivity contribution in [1.29, 1.82) is 0 Å². The average Bonchev–Trinajstić information content (AvgIpc) is 2.90. The molecule has 5 nitrogen and oxygen atoms in total. The number of thiophene rings is 1. The molecule has 0 aliphatic rings. The highest BCUT2D eigenvalue weighted by Gasteiger charge is 2.09. The minimum Gasteiger partial charge on any atom is -0.385 e. The van der Waals surface area contributed by atoms with Gasteiger partial charge in [-0.1, -0.05) is 6.07 Å². The monoisotopic (exact) mass is 270 g/mol. The summed E-state index contributed by atoms with van der Waals surface area (Å²) in [6.45, 7) is 5.23. The van der Waals surface area contributed by atoms with Crippen molar-refractivity contribution in [2.45, 2.75) is 19.9 Å². The fourth-order valence-electron chi connectivity index (χ4n) is 1.56. The summed E-state index contributed by atoms with van der Waals surface area (Å²) in [6, 6.07) is 4.17. The van der Waals surface area contributed by atoms with Crippen LogP contribution in [-0.2, 0) is 11.3 Å². The molecule has 1 aromatic heterocycles. The second-order valence-corrected chi connectivity index (χ2v) is 4.82. The molecule has 0 radical (unpaired) electrons. The molecule has 0 aliphatic heterocycles. The summed E-state index contributed by atoms with van der Waals surface area (Å²) in [7, 11) is 1.70. The van der Waals surface area contributed by atoms with Crippen LogP contribution in [0.3, 0.4) is 0 Å². The molecular weight excluding hydrogens is 248 g/mol. The number of hydrogen-bond acceptors (Lipinski definition) is 4. The van der Waals surface area contributed by atoms with Gasteiger partial charge in [0.05, 0.1) is 6.54 Å². The number of aliphatic imine (C=N–C) groups is 1. The number of hydrogen-bond donors (Lipinski definition) is 2. The zero-order valence-corrected chi connectivity index (χ0v) is 11.9. The van der Waals surface area contributed by atoms with Crippen LogP contribution in [0.25, 0.3) is 0 Å². The Labute approximate surface area is 113 Å². The number of guanidine groups is 1. The number of rotatable bonds is 7. The zero-order valence-electron chi connectivity index (χ0n) is 11.1. The van der Waals surface area contributed by atoms with Gasteiger partial charge in [0.15, 0.2) is 0 Å². The van der Waals surface area contributed by atoms with Crippen LogP contribution in [0.4, 0.5) is 0 Å². The fraction of sp³-hybridized carbons (Fsp3) is 0.583. The number of nitrogens with two attached hydrogens (primary N) is 1. The summed E-state index contributed by atoms with van der Waals surface area (Å²) in [4.78, 5) is 7.89. The summed E-state index contributed by atoms with van der Waals surface area (Å²) in [5, 5.41) is 2.08. The number of nitrogens with one attached hydrogen (secondary N) is 1. The predicted octanol–water partition coefficient (Wildman–Crippen LogP) is 1.43. The first-order chi connectivity index (χ1) is 8.81. The van der Waals surface area contributed by atoms with E-state index in [9.17, 15) is 0 Å². The largest absolute Gasteiger partial charge is 0.385 e. The third kappa shape index (κ3) is 5.03. The summed E-state index contributed by atoms with van der Waals surface area (Å²) >= 11 is 1.74. The highest BCUT2D eigenvalue weighted by atomic mass is 32.1. The third-order valence-electron chi connectivity index (χ3n) is 2.51. The van der Waals surface area contributed by atoms with E-state index >= 15 is 0 Å². The minimum atomic E-state index is 0.717. The van der Waals surface area contributed by atoms with Crippen molar-refractivity contribution < 1.29 is 4.74 Å². The van der Waals surface area contributed by atoms with Crippen LogP contribution in [0.15, 0.2) is 22.5 Å². The van der Waals surface area contributed by atoms with Crippen molar-refractivity contribution in [3.63, 3.8) is 0 Å². The maximum Gasteiger partial charge on any atom is 0.208 e. The Morgan fingerprint density at radius 2 is 2.44 bits per heavy atom. The van der Waals surface area contributed by atoms with Gasteiger partial charge in [0.2, 0.25) is 5.96 Å². The van der Waals surface area contributed by atoms with Gasteiger partial charge in [-0.05, 0) is 24.8 Å². The molecule has 0 fully saturated rings. The van der Waals surface area contributed by atoms with E-state index in [4.69, 9.17) is 10.6 Å². The van der Waals surface area contributed by atoms with Crippen molar-refractivity contribution in [2.24, 2.45) is 10.8 Å². The minimum absolute atomic E-state index is 0.717. The second-order valence-electron chi connectivity index (χ2n) is 3.79. The lowest BCUT2D eigenvalue weighted by atomic mass is 10.4. The fourth-order valence-corrected chi connectivity index (χ4v) is 2.28. The van der Waals surface area contributed by atoms with Crippen LogP contribution in [0.1, 0.15) is 18.2 Å². The van der Waals surface area contributed by atoms with E-state index in [0.717, 1.165) is 32.1 Å². The molecule has 1 heterocycles. The Hall–Kier alpha value is -1.11. The molecule has 0 amide bonds.